The Bertz CT molecular complexity index is 286. The third kappa shape index (κ3) is 2.12. The van der Waals surface area contributed by atoms with Crippen LogP contribution in [0.5, 0.6) is 11.5 Å². The monoisotopic (exact) mass is 181 g/mol. The minimum atomic E-state index is -0.0319. The van der Waals surface area contributed by atoms with Gasteiger partial charge in [0.1, 0.15) is 11.5 Å². The van der Waals surface area contributed by atoms with Crippen LogP contribution in [0.4, 0.5) is 0 Å². The van der Waals surface area contributed by atoms with Gasteiger partial charge >= 0.3 is 0 Å². The fourth-order valence-corrected chi connectivity index (χ4v) is 1.23. The predicted molar refractivity (Wildman–Crippen MR) is 51.9 cm³/mol. The molecule has 13 heavy (non-hydrogen) atoms. The number of aromatic hydroxyl groups is 1. The van der Waals surface area contributed by atoms with E-state index in [1.807, 2.05) is 6.92 Å². The first-order valence-electron chi connectivity index (χ1n) is 4.31. The molecule has 0 bridgehead atoms. The smallest absolute Gasteiger partial charge is 0.127 e. The van der Waals surface area contributed by atoms with Gasteiger partial charge in [-0.25, -0.2) is 0 Å². The van der Waals surface area contributed by atoms with Crippen LogP contribution in [0.25, 0.3) is 0 Å². The molecule has 1 aromatic rings. The molecule has 3 heteroatoms. The fourth-order valence-electron chi connectivity index (χ4n) is 1.23. The van der Waals surface area contributed by atoms with E-state index in [0.29, 0.717) is 5.75 Å². The first-order valence-corrected chi connectivity index (χ1v) is 4.31. The van der Waals surface area contributed by atoms with E-state index in [2.05, 4.69) is 0 Å². The number of nitrogens with two attached hydrogens (primary N) is 1. The highest BCUT2D eigenvalue weighted by molar-refractivity contribution is 5.41. The number of hydrogen-bond acceptors (Lipinski definition) is 3. The zero-order chi connectivity index (χ0) is 9.84. The third-order valence-electron chi connectivity index (χ3n) is 2.06. The van der Waals surface area contributed by atoms with Crippen molar-refractivity contribution in [2.24, 2.45) is 5.73 Å². The molecule has 0 aliphatic heterocycles. The summed E-state index contributed by atoms with van der Waals surface area (Å²) in [6.07, 6.45) is 0.848. The van der Waals surface area contributed by atoms with E-state index in [0.717, 1.165) is 12.0 Å². The maximum Gasteiger partial charge on any atom is 0.127 e. The summed E-state index contributed by atoms with van der Waals surface area (Å²) >= 11 is 0. The lowest BCUT2D eigenvalue weighted by atomic mass is 10.0. The Morgan fingerprint density at radius 2 is 2.23 bits per heavy atom. The molecule has 0 aliphatic carbocycles. The highest BCUT2D eigenvalue weighted by Gasteiger charge is 2.09. The first-order chi connectivity index (χ1) is 6.19. The molecule has 0 fully saturated rings. The lowest BCUT2D eigenvalue weighted by molar-refractivity contribution is 0.398. The second-order valence-corrected chi connectivity index (χ2v) is 2.94. The second-order valence-electron chi connectivity index (χ2n) is 2.94. The van der Waals surface area contributed by atoms with Crippen molar-refractivity contribution < 1.29 is 9.84 Å². The van der Waals surface area contributed by atoms with Gasteiger partial charge in [-0.2, -0.15) is 0 Å². The van der Waals surface area contributed by atoms with E-state index in [1.165, 1.54) is 0 Å². The van der Waals surface area contributed by atoms with Gasteiger partial charge in [-0.05, 0) is 12.5 Å². The maximum absolute atomic E-state index is 9.20. The van der Waals surface area contributed by atoms with Crippen LogP contribution in [0.15, 0.2) is 18.2 Å². The zero-order valence-corrected chi connectivity index (χ0v) is 7.95. The largest absolute Gasteiger partial charge is 0.508 e. The summed E-state index contributed by atoms with van der Waals surface area (Å²) in [6.45, 7) is 2.01. The summed E-state index contributed by atoms with van der Waals surface area (Å²) in [6, 6.07) is 4.95. The van der Waals surface area contributed by atoms with Gasteiger partial charge in [0.25, 0.3) is 0 Å². The molecule has 0 unspecified atom stereocenters. The molecule has 0 radical (unpaired) electrons. The molecular formula is C10H15NO2. The topological polar surface area (TPSA) is 55.5 Å². The Labute approximate surface area is 78.1 Å². The average Bonchev–Trinajstić information content (AvgIpc) is 2.16. The summed E-state index contributed by atoms with van der Waals surface area (Å²) in [5.74, 6) is 0.846. The van der Waals surface area contributed by atoms with Crippen molar-refractivity contribution >= 4 is 0 Å². The summed E-state index contributed by atoms with van der Waals surface area (Å²) < 4.78 is 5.11. The SMILES string of the molecule is CC[C@@H](N)c1ccc(O)cc1OC. The van der Waals surface area contributed by atoms with E-state index in [1.54, 1.807) is 25.3 Å². The van der Waals surface area contributed by atoms with Gasteiger partial charge in [0.05, 0.1) is 7.11 Å². The van der Waals surface area contributed by atoms with E-state index in [4.69, 9.17) is 10.5 Å². The molecule has 1 rings (SSSR count). The van der Waals surface area contributed by atoms with Crippen LogP contribution in [0.2, 0.25) is 0 Å². The zero-order valence-electron chi connectivity index (χ0n) is 7.95. The highest BCUT2D eigenvalue weighted by Crippen LogP contribution is 2.28. The van der Waals surface area contributed by atoms with E-state index >= 15 is 0 Å². The van der Waals surface area contributed by atoms with Crippen LogP contribution in [-0.2, 0) is 0 Å². The van der Waals surface area contributed by atoms with Crippen LogP contribution in [0, 0.1) is 0 Å². The quantitative estimate of drug-likeness (QED) is 0.747. The second kappa shape index (κ2) is 4.14. The van der Waals surface area contributed by atoms with E-state index in [-0.39, 0.29) is 11.8 Å². The molecule has 0 aliphatic rings. The Morgan fingerprint density at radius 1 is 1.54 bits per heavy atom. The molecule has 72 valence electrons. The van der Waals surface area contributed by atoms with Crippen molar-refractivity contribution in [1.29, 1.82) is 0 Å². The lowest BCUT2D eigenvalue weighted by Gasteiger charge is -2.13. The highest BCUT2D eigenvalue weighted by atomic mass is 16.5. The Hall–Kier alpha value is -1.22. The van der Waals surface area contributed by atoms with Crippen molar-refractivity contribution in [3.05, 3.63) is 23.8 Å². The molecule has 0 heterocycles. The average molecular weight is 181 g/mol. The fraction of sp³-hybridized carbons (Fsp3) is 0.400. The van der Waals surface area contributed by atoms with Crippen molar-refractivity contribution in [1.82, 2.24) is 0 Å². The van der Waals surface area contributed by atoms with Crippen molar-refractivity contribution in [3.8, 4) is 11.5 Å². The van der Waals surface area contributed by atoms with Gasteiger partial charge < -0.3 is 15.6 Å². The maximum atomic E-state index is 9.20. The van der Waals surface area contributed by atoms with Crippen LogP contribution in [-0.4, -0.2) is 12.2 Å². The molecule has 0 saturated heterocycles. The van der Waals surface area contributed by atoms with Crippen molar-refractivity contribution in [2.75, 3.05) is 7.11 Å². The number of methoxy groups -OCH3 is 1. The number of phenols is 1. The van der Waals surface area contributed by atoms with Crippen LogP contribution >= 0.6 is 0 Å². The van der Waals surface area contributed by atoms with E-state index in [9.17, 15) is 5.11 Å². The molecule has 3 N–H and O–H groups in total. The summed E-state index contributed by atoms with van der Waals surface area (Å²) in [5, 5.41) is 9.20. The molecule has 1 aromatic carbocycles. The van der Waals surface area contributed by atoms with Crippen LogP contribution in [0.3, 0.4) is 0 Å². The van der Waals surface area contributed by atoms with Crippen molar-refractivity contribution in [3.63, 3.8) is 0 Å². The van der Waals surface area contributed by atoms with Gasteiger partial charge in [0, 0.05) is 17.7 Å². The lowest BCUT2D eigenvalue weighted by Crippen LogP contribution is -2.09. The summed E-state index contributed by atoms with van der Waals surface area (Å²) in [5.41, 5.74) is 6.79. The van der Waals surface area contributed by atoms with E-state index < -0.39 is 0 Å². The first kappa shape index (κ1) is 9.86. The summed E-state index contributed by atoms with van der Waals surface area (Å²) in [4.78, 5) is 0. The molecular weight excluding hydrogens is 166 g/mol. The van der Waals surface area contributed by atoms with Gasteiger partial charge in [0.2, 0.25) is 0 Å². The number of phenolic OH excluding ortho intramolecular Hbond substituents is 1. The van der Waals surface area contributed by atoms with Gasteiger partial charge in [-0.1, -0.05) is 13.0 Å². The van der Waals surface area contributed by atoms with Gasteiger partial charge in [-0.3, -0.25) is 0 Å². The number of benzene rings is 1. The minimum absolute atomic E-state index is 0.0319. The minimum Gasteiger partial charge on any atom is -0.508 e. The third-order valence-corrected chi connectivity index (χ3v) is 2.06. The van der Waals surface area contributed by atoms with Gasteiger partial charge in [0.15, 0.2) is 0 Å². The normalized spacial score (nSPS) is 12.5. The number of ether oxygens (including phenoxy) is 1. The number of hydrogen-bond donors (Lipinski definition) is 2. The van der Waals surface area contributed by atoms with Crippen LogP contribution < -0.4 is 10.5 Å². The standard InChI is InChI=1S/C10H15NO2/c1-3-9(11)8-5-4-7(12)6-10(8)13-2/h4-6,9,12H,3,11H2,1-2H3/t9-/m1/s1. The molecule has 3 nitrogen and oxygen atoms in total. The molecule has 0 aromatic heterocycles. The Morgan fingerprint density at radius 3 is 2.77 bits per heavy atom. The molecule has 0 saturated carbocycles. The molecule has 1 atom stereocenters. The number of rotatable bonds is 3. The predicted octanol–water partition coefficient (Wildman–Crippen LogP) is 1.81. The molecule has 0 amide bonds. The van der Waals surface area contributed by atoms with Crippen molar-refractivity contribution in [2.45, 2.75) is 19.4 Å². The van der Waals surface area contributed by atoms with Crippen LogP contribution in [0.1, 0.15) is 24.9 Å². The van der Waals surface area contributed by atoms with Gasteiger partial charge in [-0.15, -0.1) is 0 Å². The summed E-state index contributed by atoms with van der Waals surface area (Å²) in [7, 11) is 1.57. The Balaban J connectivity index is 3.05. The molecule has 0 spiro atoms. The Kier molecular flexibility index (Phi) is 3.14.